The van der Waals surface area contributed by atoms with Crippen LogP contribution < -0.4 is 5.32 Å². The Labute approximate surface area is 110 Å². The van der Waals surface area contributed by atoms with Gasteiger partial charge in [0.05, 0.1) is 6.07 Å². The molecule has 0 aromatic heterocycles. The minimum Gasteiger partial charge on any atom is -0.297 e. The first-order valence-corrected chi connectivity index (χ1v) is 7.83. The normalized spacial score (nSPS) is 34.9. The molecule has 0 aromatic carbocycles. The summed E-state index contributed by atoms with van der Waals surface area (Å²) in [5.41, 5.74) is -0.199. The van der Waals surface area contributed by atoms with Crippen LogP contribution in [0.3, 0.4) is 0 Å². The summed E-state index contributed by atoms with van der Waals surface area (Å²) in [7, 11) is 0. The van der Waals surface area contributed by atoms with Gasteiger partial charge in [0.25, 0.3) is 0 Å². The third kappa shape index (κ3) is 3.39. The summed E-state index contributed by atoms with van der Waals surface area (Å²) in [6.07, 6.45) is 5.83. The van der Waals surface area contributed by atoms with Gasteiger partial charge in [-0.3, -0.25) is 5.32 Å². The zero-order valence-electron chi connectivity index (χ0n) is 11.2. The zero-order valence-corrected chi connectivity index (χ0v) is 12.0. The van der Waals surface area contributed by atoms with E-state index in [2.05, 4.69) is 43.9 Å². The molecule has 0 spiro atoms. The minimum absolute atomic E-state index is 0.199. The van der Waals surface area contributed by atoms with Gasteiger partial charge in [-0.15, -0.1) is 0 Å². The standard InChI is InChI=1S/C14H24N2S/c1-10(2)11(3)17-13-6-7-14(8-13,9-15)16-12-4-5-12/h10-13,16H,4-8H2,1-3H3. The van der Waals surface area contributed by atoms with Gasteiger partial charge in [-0.05, 0) is 38.0 Å². The lowest BCUT2D eigenvalue weighted by atomic mass is 10.00. The number of nitriles is 1. The number of nitrogens with zero attached hydrogens (tertiary/aromatic N) is 1. The summed E-state index contributed by atoms with van der Waals surface area (Å²) in [6.45, 7) is 6.88. The summed E-state index contributed by atoms with van der Waals surface area (Å²) in [5, 5.41) is 14.4. The Morgan fingerprint density at radius 1 is 1.29 bits per heavy atom. The number of hydrogen-bond acceptors (Lipinski definition) is 3. The van der Waals surface area contributed by atoms with E-state index in [1.54, 1.807) is 0 Å². The summed E-state index contributed by atoms with van der Waals surface area (Å²) in [5.74, 6) is 0.730. The Hall–Kier alpha value is -0.200. The van der Waals surface area contributed by atoms with Gasteiger partial charge in [-0.25, -0.2) is 0 Å². The van der Waals surface area contributed by atoms with Crippen molar-refractivity contribution in [1.82, 2.24) is 5.32 Å². The second-order valence-electron chi connectivity index (χ2n) is 6.06. The molecule has 0 aliphatic heterocycles. The number of rotatable bonds is 5. The van der Waals surface area contributed by atoms with Crippen molar-refractivity contribution in [3.8, 4) is 6.07 Å². The van der Waals surface area contributed by atoms with E-state index in [1.807, 2.05) is 0 Å². The third-order valence-corrected chi connectivity index (χ3v) is 5.85. The average Bonchev–Trinajstić information content (AvgIpc) is 3.00. The summed E-state index contributed by atoms with van der Waals surface area (Å²) in [4.78, 5) is 0. The zero-order chi connectivity index (χ0) is 12.5. The molecule has 2 nitrogen and oxygen atoms in total. The molecular weight excluding hydrogens is 228 g/mol. The van der Waals surface area contributed by atoms with Gasteiger partial charge in [-0.1, -0.05) is 20.8 Å². The lowest BCUT2D eigenvalue weighted by molar-refractivity contribution is 0.420. The molecule has 0 radical (unpaired) electrons. The van der Waals surface area contributed by atoms with E-state index in [1.165, 1.54) is 19.3 Å². The van der Waals surface area contributed by atoms with Crippen molar-refractivity contribution in [2.24, 2.45) is 5.92 Å². The Kier molecular flexibility index (Phi) is 4.05. The first-order chi connectivity index (χ1) is 8.04. The molecule has 2 saturated carbocycles. The van der Waals surface area contributed by atoms with Crippen molar-refractivity contribution in [3.05, 3.63) is 0 Å². The molecule has 0 amide bonds. The van der Waals surface area contributed by atoms with Crippen LogP contribution in [-0.2, 0) is 0 Å². The van der Waals surface area contributed by atoms with Crippen LogP contribution in [0.4, 0.5) is 0 Å². The Morgan fingerprint density at radius 2 is 2.00 bits per heavy atom. The van der Waals surface area contributed by atoms with E-state index in [-0.39, 0.29) is 5.54 Å². The predicted molar refractivity (Wildman–Crippen MR) is 74.0 cm³/mol. The maximum atomic E-state index is 9.43. The highest BCUT2D eigenvalue weighted by atomic mass is 32.2. The fourth-order valence-electron chi connectivity index (χ4n) is 2.46. The monoisotopic (exact) mass is 252 g/mol. The highest BCUT2D eigenvalue weighted by molar-refractivity contribution is 8.00. The fourth-order valence-corrected chi connectivity index (χ4v) is 4.02. The maximum Gasteiger partial charge on any atom is 0.108 e. The Bertz CT molecular complexity index is 306. The smallest absolute Gasteiger partial charge is 0.108 e. The average molecular weight is 252 g/mol. The predicted octanol–water partition coefficient (Wildman–Crippen LogP) is 3.33. The molecule has 2 aliphatic carbocycles. The van der Waals surface area contributed by atoms with Crippen LogP contribution in [0, 0.1) is 17.2 Å². The molecule has 3 atom stereocenters. The molecule has 0 bridgehead atoms. The van der Waals surface area contributed by atoms with Gasteiger partial charge in [0.15, 0.2) is 0 Å². The molecule has 17 heavy (non-hydrogen) atoms. The lowest BCUT2D eigenvalue weighted by Gasteiger charge is -2.24. The minimum atomic E-state index is -0.199. The molecule has 3 unspecified atom stereocenters. The molecule has 3 heteroatoms. The van der Waals surface area contributed by atoms with Crippen LogP contribution in [0.2, 0.25) is 0 Å². The molecule has 0 saturated heterocycles. The summed E-state index contributed by atoms with van der Waals surface area (Å²) in [6, 6.07) is 3.20. The first kappa shape index (κ1) is 13.2. The van der Waals surface area contributed by atoms with Crippen molar-refractivity contribution in [3.63, 3.8) is 0 Å². The molecule has 2 aliphatic rings. The van der Waals surface area contributed by atoms with Crippen LogP contribution >= 0.6 is 11.8 Å². The Morgan fingerprint density at radius 3 is 2.53 bits per heavy atom. The lowest BCUT2D eigenvalue weighted by Crippen LogP contribution is -2.43. The SMILES string of the molecule is CC(C)C(C)SC1CCC(C#N)(NC2CC2)C1. The van der Waals surface area contributed by atoms with Crippen molar-refractivity contribution in [2.45, 2.75) is 75.0 Å². The van der Waals surface area contributed by atoms with E-state index in [4.69, 9.17) is 0 Å². The molecule has 0 heterocycles. The second-order valence-corrected chi connectivity index (χ2v) is 7.74. The molecule has 96 valence electrons. The van der Waals surface area contributed by atoms with Crippen molar-refractivity contribution < 1.29 is 0 Å². The van der Waals surface area contributed by atoms with E-state index < -0.39 is 0 Å². The van der Waals surface area contributed by atoms with Gasteiger partial charge in [0.1, 0.15) is 5.54 Å². The molecule has 0 aromatic rings. The molecular formula is C14H24N2S. The summed E-state index contributed by atoms with van der Waals surface area (Å²) >= 11 is 2.09. The highest BCUT2D eigenvalue weighted by Crippen LogP contribution is 2.41. The van der Waals surface area contributed by atoms with Gasteiger partial charge < -0.3 is 0 Å². The molecule has 2 rings (SSSR count). The van der Waals surface area contributed by atoms with Crippen molar-refractivity contribution in [2.75, 3.05) is 0 Å². The molecule has 2 fully saturated rings. The van der Waals surface area contributed by atoms with E-state index in [9.17, 15) is 5.26 Å². The second kappa shape index (κ2) is 5.20. The first-order valence-electron chi connectivity index (χ1n) is 6.89. The largest absolute Gasteiger partial charge is 0.297 e. The number of nitrogens with one attached hydrogen (secondary N) is 1. The van der Waals surface area contributed by atoms with Gasteiger partial charge in [0, 0.05) is 16.5 Å². The van der Waals surface area contributed by atoms with Gasteiger partial charge in [0.2, 0.25) is 0 Å². The van der Waals surface area contributed by atoms with Crippen LogP contribution in [0.5, 0.6) is 0 Å². The van der Waals surface area contributed by atoms with Gasteiger partial charge >= 0.3 is 0 Å². The van der Waals surface area contributed by atoms with Crippen LogP contribution in [0.15, 0.2) is 0 Å². The van der Waals surface area contributed by atoms with Crippen molar-refractivity contribution >= 4 is 11.8 Å². The highest BCUT2D eigenvalue weighted by Gasteiger charge is 2.43. The van der Waals surface area contributed by atoms with Crippen LogP contribution in [0.1, 0.15) is 52.9 Å². The summed E-state index contributed by atoms with van der Waals surface area (Å²) < 4.78 is 0. The molecule has 1 N–H and O–H groups in total. The number of hydrogen-bond donors (Lipinski definition) is 1. The fraction of sp³-hybridized carbons (Fsp3) is 0.929. The number of thioether (sulfide) groups is 1. The van der Waals surface area contributed by atoms with Crippen LogP contribution in [-0.4, -0.2) is 22.1 Å². The maximum absolute atomic E-state index is 9.43. The quantitative estimate of drug-likeness (QED) is 0.815. The van der Waals surface area contributed by atoms with E-state index in [0.29, 0.717) is 16.5 Å². The Balaban J connectivity index is 1.86. The van der Waals surface area contributed by atoms with Gasteiger partial charge in [-0.2, -0.15) is 17.0 Å². The topological polar surface area (TPSA) is 35.8 Å². The third-order valence-electron chi connectivity index (χ3n) is 4.09. The van der Waals surface area contributed by atoms with Crippen LogP contribution in [0.25, 0.3) is 0 Å². The van der Waals surface area contributed by atoms with E-state index in [0.717, 1.165) is 18.8 Å². The van der Waals surface area contributed by atoms with E-state index >= 15 is 0 Å². The van der Waals surface area contributed by atoms with Crippen molar-refractivity contribution in [1.29, 1.82) is 5.26 Å².